The summed E-state index contributed by atoms with van der Waals surface area (Å²) in [4.78, 5) is 33.9. The Labute approximate surface area is 184 Å². The zero-order chi connectivity index (χ0) is 22.1. The van der Waals surface area contributed by atoms with E-state index in [0.717, 1.165) is 30.0 Å². The molecule has 1 amide bonds. The molecule has 0 atom stereocenters. The van der Waals surface area contributed by atoms with Gasteiger partial charge < -0.3 is 19.7 Å². The number of hydrogen-bond donors (Lipinski definition) is 1. The van der Waals surface area contributed by atoms with Crippen molar-refractivity contribution in [2.24, 2.45) is 0 Å². The van der Waals surface area contributed by atoms with Crippen molar-refractivity contribution in [1.29, 1.82) is 0 Å². The van der Waals surface area contributed by atoms with Gasteiger partial charge in [0.05, 0.1) is 24.5 Å². The van der Waals surface area contributed by atoms with Crippen LogP contribution in [0.5, 0.6) is 5.75 Å². The van der Waals surface area contributed by atoms with Gasteiger partial charge in [-0.2, -0.15) is 0 Å². The van der Waals surface area contributed by atoms with E-state index in [1.807, 2.05) is 26.1 Å². The first kappa shape index (κ1) is 21.3. The van der Waals surface area contributed by atoms with Crippen LogP contribution in [0.15, 0.2) is 18.3 Å². The van der Waals surface area contributed by atoms with E-state index < -0.39 is 5.97 Å². The summed E-state index contributed by atoms with van der Waals surface area (Å²) in [7, 11) is 2.04. The molecular weight excluding hydrogens is 416 g/mol. The van der Waals surface area contributed by atoms with Crippen molar-refractivity contribution >= 4 is 33.9 Å². The molecule has 0 bridgehead atoms. The Morgan fingerprint density at radius 3 is 2.84 bits per heavy atom. The fraction of sp³-hybridized carbons (Fsp3) is 0.409. The molecule has 9 heteroatoms. The van der Waals surface area contributed by atoms with E-state index in [9.17, 15) is 9.59 Å². The van der Waals surface area contributed by atoms with Gasteiger partial charge in [0.15, 0.2) is 11.4 Å². The van der Waals surface area contributed by atoms with Gasteiger partial charge in [-0.1, -0.05) is 0 Å². The summed E-state index contributed by atoms with van der Waals surface area (Å²) >= 11 is 1.44. The van der Waals surface area contributed by atoms with Crippen LogP contribution in [0.3, 0.4) is 0 Å². The highest BCUT2D eigenvalue weighted by molar-refractivity contribution is 7.17. The summed E-state index contributed by atoms with van der Waals surface area (Å²) in [6.07, 6.45) is 2.53. The molecule has 0 saturated heterocycles. The molecule has 1 aliphatic rings. The molecule has 0 unspecified atom stereocenters. The maximum atomic E-state index is 13.3. The minimum Gasteiger partial charge on any atom is -0.490 e. The van der Waals surface area contributed by atoms with Crippen LogP contribution in [0, 0.1) is 6.92 Å². The molecule has 4 rings (SSSR count). The monoisotopic (exact) mass is 442 g/mol. The van der Waals surface area contributed by atoms with E-state index in [4.69, 9.17) is 9.47 Å². The number of nitrogens with zero attached hydrogens (tertiary/aromatic N) is 3. The summed E-state index contributed by atoms with van der Waals surface area (Å²) in [5.74, 6) is -0.0986. The summed E-state index contributed by atoms with van der Waals surface area (Å²) in [6.45, 7) is 7.86. The number of rotatable bonds is 6. The fourth-order valence-electron chi connectivity index (χ4n) is 3.90. The maximum Gasteiger partial charge on any atom is 0.341 e. The Kier molecular flexibility index (Phi) is 5.97. The lowest BCUT2D eigenvalue weighted by molar-refractivity contribution is 0.0526. The Hall–Kier alpha value is -2.91. The highest BCUT2D eigenvalue weighted by atomic mass is 32.1. The van der Waals surface area contributed by atoms with Gasteiger partial charge in [0, 0.05) is 24.2 Å². The Morgan fingerprint density at radius 1 is 1.29 bits per heavy atom. The number of thiophene rings is 1. The zero-order valence-electron chi connectivity index (χ0n) is 18.2. The number of pyridine rings is 1. The number of ether oxygens (including phenoxy) is 2. The van der Waals surface area contributed by atoms with E-state index in [2.05, 4.69) is 15.2 Å². The lowest BCUT2D eigenvalue weighted by atomic mass is 10.0. The number of amides is 1. The highest BCUT2D eigenvalue weighted by Crippen LogP contribution is 2.38. The Morgan fingerprint density at radius 2 is 2.10 bits per heavy atom. The molecule has 0 aliphatic carbocycles. The molecule has 1 N–H and O–H groups in total. The third kappa shape index (κ3) is 3.90. The van der Waals surface area contributed by atoms with Crippen LogP contribution in [0.4, 0.5) is 5.00 Å². The van der Waals surface area contributed by atoms with Gasteiger partial charge in [0.25, 0.3) is 5.91 Å². The van der Waals surface area contributed by atoms with Gasteiger partial charge >= 0.3 is 5.97 Å². The zero-order valence-corrected chi connectivity index (χ0v) is 19.0. The molecule has 3 aromatic heterocycles. The van der Waals surface area contributed by atoms with Gasteiger partial charge in [-0.3, -0.25) is 9.20 Å². The van der Waals surface area contributed by atoms with Gasteiger partial charge in [0.1, 0.15) is 10.7 Å². The molecule has 3 aromatic rings. The van der Waals surface area contributed by atoms with Gasteiger partial charge in [0.2, 0.25) is 0 Å². The maximum absolute atomic E-state index is 13.3. The van der Waals surface area contributed by atoms with Crippen LogP contribution >= 0.6 is 11.3 Å². The first-order chi connectivity index (χ1) is 14.9. The number of nitrogens with one attached hydrogen (secondary N) is 1. The molecule has 1 aliphatic heterocycles. The number of likely N-dealkylation sites (N-methyl/N-ethyl adjacent to an activating group) is 1. The number of imidazole rings is 1. The van der Waals surface area contributed by atoms with E-state index in [1.54, 1.807) is 24.4 Å². The number of anilines is 1. The van der Waals surface area contributed by atoms with Crippen LogP contribution in [0.1, 0.15) is 50.8 Å². The summed E-state index contributed by atoms with van der Waals surface area (Å²) in [6, 6.07) is 3.65. The Bertz CT molecular complexity index is 1150. The van der Waals surface area contributed by atoms with E-state index in [-0.39, 0.29) is 12.5 Å². The number of esters is 1. The van der Waals surface area contributed by atoms with E-state index >= 15 is 0 Å². The number of hydrogen-bond acceptors (Lipinski definition) is 7. The van der Waals surface area contributed by atoms with Crippen molar-refractivity contribution in [3.05, 3.63) is 45.7 Å². The average molecular weight is 443 g/mol. The number of carbonyl (C=O) groups is 2. The molecule has 0 fully saturated rings. The standard InChI is InChI=1S/C22H26N4O4S/c1-5-29-15-8-7-10-26-18(13(3)23-19(15)26)20(27)24-21-17(22(28)30-6-2)14-9-11-25(4)12-16(14)31-21/h7-8,10H,5-6,9,11-12H2,1-4H3,(H,24,27). The highest BCUT2D eigenvalue weighted by Gasteiger charge is 2.29. The quantitative estimate of drug-likeness (QED) is 0.588. The predicted molar refractivity (Wildman–Crippen MR) is 119 cm³/mol. The molecule has 8 nitrogen and oxygen atoms in total. The van der Waals surface area contributed by atoms with Crippen LogP contribution < -0.4 is 10.1 Å². The number of aromatic nitrogens is 2. The predicted octanol–water partition coefficient (Wildman–Crippen LogP) is 3.52. The molecule has 164 valence electrons. The molecule has 4 heterocycles. The second-order valence-corrected chi connectivity index (χ2v) is 8.52. The minimum absolute atomic E-state index is 0.281. The topological polar surface area (TPSA) is 85.2 Å². The van der Waals surface area contributed by atoms with Crippen LogP contribution in [-0.4, -0.2) is 53.0 Å². The third-order valence-electron chi connectivity index (χ3n) is 5.26. The molecule has 31 heavy (non-hydrogen) atoms. The molecular formula is C22H26N4O4S. The molecule has 0 spiro atoms. The molecule has 0 radical (unpaired) electrons. The summed E-state index contributed by atoms with van der Waals surface area (Å²) in [5, 5.41) is 3.49. The smallest absolute Gasteiger partial charge is 0.341 e. The summed E-state index contributed by atoms with van der Waals surface area (Å²) in [5.41, 5.74) is 3.04. The lowest BCUT2D eigenvalue weighted by Crippen LogP contribution is -2.26. The summed E-state index contributed by atoms with van der Waals surface area (Å²) < 4.78 is 12.7. The van der Waals surface area contributed by atoms with Gasteiger partial charge in [-0.15, -0.1) is 11.3 Å². The molecule has 0 aromatic carbocycles. The van der Waals surface area contributed by atoms with Crippen LogP contribution in [0.25, 0.3) is 5.65 Å². The van der Waals surface area contributed by atoms with Crippen molar-refractivity contribution in [2.75, 3.05) is 32.1 Å². The minimum atomic E-state index is -0.395. The number of aryl methyl sites for hydroxylation is 1. The normalized spacial score (nSPS) is 13.8. The van der Waals surface area contributed by atoms with Gasteiger partial charge in [-0.25, -0.2) is 9.78 Å². The van der Waals surface area contributed by atoms with Crippen molar-refractivity contribution in [3.63, 3.8) is 0 Å². The second-order valence-electron chi connectivity index (χ2n) is 7.42. The lowest BCUT2D eigenvalue weighted by Gasteiger charge is -2.22. The molecule has 0 saturated carbocycles. The van der Waals surface area contributed by atoms with Crippen molar-refractivity contribution in [1.82, 2.24) is 14.3 Å². The number of carbonyl (C=O) groups excluding carboxylic acids is 2. The first-order valence-electron chi connectivity index (χ1n) is 10.4. The van der Waals surface area contributed by atoms with Crippen LogP contribution in [-0.2, 0) is 17.7 Å². The van der Waals surface area contributed by atoms with Crippen LogP contribution in [0.2, 0.25) is 0 Å². The fourth-order valence-corrected chi connectivity index (χ4v) is 5.21. The Balaban J connectivity index is 1.73. The number of fused-ring (bicyclic) bond motifs is 2. The van der Waals surface area contributed by atoms with Gasteiger partial charge in [-0.05, 0) is 51.9 Å². The second kappa shape index (κ2) is 8.68. The van der Waals surface area contributed by atoms with Crippen molar-refractivity contribution < 1.29 is 19.1 Å². The average Bonchev–Trinajstić information content (AvgIpc) is 3.25. The first-order valence-corrected chi connectivity index (χ1v) is 11.2. The van der Waals surface area contributed by atoms with Crippen molar-refractivity contribution in [3.8, 4) is 5.75 Å². The van der Waals surface area contributed by atoms with E-state index in [0.29, 0.717) is 40.0 Å². The largest absolute Gasteiger partial charge is 0.490 e. The van der Waals surface area contributed by atoms with Crippen molar-refractivity contribution in [2.45, 2.75) is 33.7 Å². The SMILES string of the molecule is CCOC(=O)c1c(NC(=O)c2c(C)nc3c(OCC)cccn23)sc2c1CCN(C)C2. The third-order valence-corrected chi connectivity index (χ3v) is 6.39. The van der Waals surface area contributed by atoms with E-state index in [1.165, 1.54) is 11.3 Å².